The third-order valence-corrected chi connectivity index (χ3v) is 6.63. The van der Waals surface area contributed by atoms with Crippen molar-refractivity contribution in [2.24, 2.45) is 0 Å². The second-order valence-corrected chi connectivity index (χ2v) is 9.23. The molecule has 1 saturated heterocycles. The van der Waals surface area contributed by atoms with Gasteiger partial charge in [-0.3, -0.25) is 4.79 Å². The van der Waals surface area contributed by atoms with Gasteiger partial charge in [-0.15, -0.1) is 0 Å². The summed E-state index contributed by atoms with van der Waals surface area (Å²) in [6, 6.07) is 12.0. The third kappa shape index (κ3) is 5.37. The molecule has 8 heteroatoms. The SMILES string of the molecule is CCN1CCN(c2c(CN(C(=O)c3ccc(F)cc3)C(C)C)c(C)nn2-c2cccc(F)c2)CC1. The van der Waals surface area contributed by atoms with E-state index in [2.05, 4.69) is 16.7 Å². The van der Waals surface area contributed by atoms with E-state index in [0.29, 0.717) is 17.8 Å². The summed E-state index contributed by atoms with van der Waals surface area (Å²) in [5.74, 6) is 0.0219. The van der Waals surface area contributed by atoms with E-state index < -0.39 is 0 Å². The summed E-state index contributed by atoms with van der Waals surface area (Å²) in [5, 5.41) is 4.80. The van der Waals surface area contributed by atoms with Crippen molar-refractivity contribution in [2.75, 3.05) is 37.6 Å². The Morgan fingerprint density at radius 1 is 1.03 bits per heavy atom. The number of halogens is 2. The normalized spacial score (nSPS) is 14.5. The van der Waals surface area contributed by atoms with Gasteiger partial charge in [-0.2, -0.15) is 5.10 Å². The van der Waals surface area contributed by atoms with Crippen LogP contribution in [0.3, 0.4) is 0 Å². The molecule has 1 aromatic heterocycles. The highest BCUT2D eigenvalue weighted by atomic mass is 19.1. The number of likely N-dealkylation sites (N-methyl/N-ethyl adjacent to an activating group) is 1. The van der Waals surface area contributed by atoms with Gasteiger partial charge in [-0.1, -0.05) is 13.0 Å². The Labute approximate surface area is 205 Å². The van der Waals surface area contributed by atoms with Gasteiger partial charge in [-0.25, -0.2) is 13.5 Å². The second kappa shape index (κ2) is 10.6. The van der Waals surface area contributed by atoms with Crippen molar-refractivity contribution in [2.45, 2.75) is 40.3 Å². The minimum atomic E-state index is -0.377. The maximum atomic E-state index is 14.1. The first-order valence-electron chi connectivity index (χ1n) is 12.2. The molecule has 0 saturated carbocycles. The molecule has 35 heavy (non-hydrogen) atoms. The van der Waals surface area contributed by atoms with E-state index in [9.17, 15) is 13.6 Å². The zero-order valence-corrected chi connectivity index (χ0v) is 20.8. The highest BCUT2D eigenvalue weighted by molar-refractivity contribution is 5.94. The molecule has 1 aliphatic rings. The van der Waals surface area contributed by atoms with Gasteiger partial charge in [0.15, 0.2) is 0 Å². The van der Waals surface area contributed by atoms with Crippen LogP contribution in [0, 0.1) is 18.6 Å². The van der Waals surface area contributed by atoms with Crippen LogP contribution in [0.25, 0.3) is 5.69 Å². The molecule has 1 aliphatic heterocycles. The van der Waals surface area contributed by atoms with Crippen molar-refractivity contribution in [3.8, 4) is 5.69 Å². The number of amides is 1. The molecule has 0 bridgehead atoms. The molecule has 2 aromatic carbocycles. The van der Waals surface area contributed by atoms with Crippen LogP contribution in [0.4, 0.5) is 14.6 Å². The lowest BCUT2D eigenvalue weighted by Crippen LogP contribution is -2.47. The summed E-state index contributed by atoms with van der Waals surface area (Å²) in [4.78, 5) is 19.9. The van der Waals surface area contributed by atoms with Crippen LogP contribution in [0.1, 0.15) is 42.4 Å². The monoisotopic (exact) mass is 481 g/mol. The molecule has 3 aromatic rings. The largest absolute Gasteiger partial charge is 0.354 e. The van der Waals surface area contributed by atoms with Gasteiger partial charge in [0.2, 0.25) is 0 Å². The molecule has 0 N–H and O–H groups in total. The second-order valence-electron chi connectivity index (χ2n) is 9.23. The molecule has 0 spiro atoms. The van der Waals surface area contributed by atoms with Gasteiger partial charge >= 0.3 is 0 Å². The minimum absolute atomic E-state index is 0.0886. The predicted molar refractivity (Wildman–Crippen MR) is 134 cm³/mol. The fraction of sp³-hybridized carbons (Fsp3) is 0.407. The highest BCUT2D eigenvalue weighted by Gasteiger charge is 2.29. The van der Waals surface area contributed by atoms with E-state index in [-0.39, 0.29) is 23.6 Å². The number of aromatic nitrogens is 2. The molecular weight excluding hydrogens is 448 g/mol. The Morgan fingerprint density at radius 2 is 1.71 bits per heavy atom. The first-order chi connectivity index (χ1) is 16.8. The minimum Gasteiger partial charge on any atom is -0.354 e. The maximum absolute atomic E-state index is 14.1. The van der Waals surface area contributed by atoms with E-state index in [4.69, 9.17) is 5.10 Å². The molecule has 0 unspecified atom stereocenters. The molecule has 2 heterocycles. The van der Waals surface area contributed by atoms with E-state index in [0.717, 1.165) is 49.8 Å². The summed E-state index contributed by atoms with van der Waals surface area (Å²) in [7, 11) is 0. The lowest BCUT2D eigenvalue weighted by molar-refractivity contribution is 0.0690. The van der Waals surface area contributed by atoms with Crippen LogP contribution in [0.15, 0.2) is 48.5 Å². The Kier molecular flexibility index (Phi) is 7.50. The highest BCUT2D eigenvalue weighted by Crippen LogP contribution is 2.31. The molecule has 186 valence electrons. The van der Waals surface area contributed by atoms with Gasteiger partial charge < -0.3 is 14.7 Å². The zero-order valence-electron chi connectivity index (χ0n) is 20.8. The van der Waals surface area contributed by atoms with E-state index in [1.165, 1.54) is 36.4 Å². The quantitative estimate of drug-likeness (QED) is 0.493. The molecule has 1 fully saturated rings. The van der Waals surface area contributed by atoms with Gasteiger partial charge in [0, 0.05) is 43.3 Å². The van der Waals surface area contributed by atoms with E-state index in [1.807, 2.05) is 26.8 Å². The molecule has 0 radical (unpaired) electrons. The van der Waals surface area contributed by atoms with Crippen LogP contribution in [0.5, 0.6) is 0 Å². The number of carbonyl (C=O) groups is 1. The van der Waals surface area contributed by atoms with Crippen molar-refractivity contribution in [3.05, 3.63) is 77.0 Å². The van der Waals surface area contributed by atoms with E-state index >= 15 is 0 Å². The Hall–Kier alpha value is -3.26. The van der Waals surface area contributed by atoms with Gasteiger partial charge in [0.05, 0.1) is 17.9 Å². The molecule has 0 atom stereocenters. The summed E-state index contributed by atoms with van der Waals surface area (Å²) in [6.07, 6.45) is 0. The van der Waals surface area contributed by atoms with Gasteiger partial charge in [-0.05, 0) is 69.8 Å². The average Bonchev–Trinajstić information content (AvgIpc) is 3.18. The Balaban J connectivity index is 1.75. The Bertz CT molecular complexity index is 1170. The fourth-order valence-electron chi connectivity index (χ4n) is 4.54. The molecule has 4 rings (SSSR count). The number of rotatable bonds is 7. The summed E-state index contributed by atoms with van der Waals surface area (Å²) < 4.78 is 29.4. The van der Waals surface area contributed by atoms with Crippen molar-refractivity contribution in [1.29, 1.82) is 0 Å². The summed E-state index contributed by atoms with van der Waals surface area (Å²) in [6.45, 7) is 12.8. The molecule has 6 nitrogen and oxygen atoms in total. The van der Waals surface area contributed by atoms with Gasteiger partial charge in [0.25, 0.3) is 5.91 Å². The molecular formula is C27H33F2N5O. The van der Waals surface area contributed by atoms with E-state index in [1.54, 1.807) is 15.6 Å². The zero-order chi connectivity index (χ0) is 25.1. The summed E-state index contributed by atoms with van der Waals surface area (Å²) >= 11 is 0. The third-order valence-electron chi connectivity index (χ3n) is 6.63. The number of anilines is 1. The van der Waals surface area contributed by atoms with Crippen molar-refractivity contribution in [3.63, 3.8) is 0 Å². The first kappa shape index (κ1) is 24.9. The smallest absolute Gasteiger partial charge is 0.254 e. The number of hydrogen-bond donors (Lipinski definition) is 0. The number of carbonyl (C=O) groups excluding carboxylic acids is 1. The van der Waals surface area contributed by atoms with Crippen LogP contribution in [-0.4, -0.2) is 64.3 Å². The van der Waals surface area contributed by atoms with Crippen molar-refractivity contribution in [1.82, 2.24) is 19.6 Å². The number of nitrogens with zero attached hydrogens (tertiary/aromatic N) is 5. The van der Waals surface area contributed by atoms with Crippen LogP contribution < -0.4 is 4.90 Å². The van der Waals surface area contributed by atoms with Crippen molar-refractivity contribution < 1.29 is 13.6 Å². The Morgan fingerprint density at radius 3 is 2.31 bits per heavy atom. The van der Waals surface area contributed by atoms with Crippen molar-refractivity contribution >= 4 is 11.7 Å². The topological polar surface area (TPSA) is 44.6 Å². The molecule has 0 aliphatic carbocycles. The van der Waals surface area contributed by atoms with Crippen LogP contribution >= 0.6 is 0 Å². The predicted octanol–water partition coefficient (Wildman–Crippen LogP) is 4.65. The number of hydrogen-bond acceptors (Lipinski definition) is 4. The lowest BCUT2D eigenvalue weighted by Gasteiger charge is -2.36. The number of aryl methyl sites for hydroxylation is 1. The van der Waals surface area contributed by atoms with Crippen LogP contribution in [0.2, 0.25) is 0 Å². The summed E-state index contributed by atoms with van der Waals surface area (Å²) in [5.41, 5.74) is 2.81. The number of piperazine rings is 1. The maximum Gasteiger partial charge on any atom is 0.254 e. The molecule has 1 amide bonds. The lowest BCUT2D eigenvalue weighted by atomic mass is 10.1. The average molecular weight is 482 g/mol. The standard InChI is InChI=1S/C27H33F2N5O/c1-5-31-13-15-32(16-14-31)26-25(20(4)30-34(26)24-8-6-7-23(29)17-24)18-33(19(2)3)27(35)21-9-11-22(28)12-10-21/h6-12,17,19H,5,13-16,18H2,1-4H3. The van der Waals surface area contributed by atoms with Crippen LogP contribution in [-0.2, 0) is 6.54 Å². The fourth-order valence-corrected chi connectivity index (χ4v) is 4.54. The van der Waals surface area contributed by atoms with Gasteiger partial charge in [0.1, 0.15) is 17.5 Å². The first-order valence-corrected chi connectivity index (χ1v) is 12.2. The number of benzene rings is 2.